The molecule has 0 aromatic carbocycles. The number of aryl methyl sites for hydroxylation is 1. The second-order valence-electron chi connectivity index (χ2n) is 4.60. The van der Waals surface area contributed by atoms with Crippen LogP contribution >= 0.6 is 0 Å². The number of fused-ring (bicyclic) bond motifs is 1. The zero-order valence-electron chi connectivity index (χ0n) is 11.8. The van der Waals surface area contributed by atoms with Gasteiger partial charge in [0, 0.05) is 18.9 Å². The summed E-state index contributed by atoms with van der Waals surface area (Å²) in [7, 11) is -1.79. The van der Waals surface area contributed by atoms with Crippen LogP contribution in [0.4, 0.5) is 5.82 Å². The van der Waals surface area contributed by atoms with E-state index in [2.05, 4.69) is 27.4 Å². The summed E-state index contributed by atoms with van der Waals surface area (Å²) in [5, 5.41) is 10.9. The van der Waals surface area contributed by atoms with Gasteiger partial charge in [0.25, 0.3) is 0 Å². The number of hydrazine groups is 1. The first-order chi connectivity index (χ1) is 9.74. The molecule has 0 radical (unpaired) electrons. The molecule has 0 aliphatic carbocycles. The lowest BCUT2D eigenvalue weighted by Crippen LogP contribution is -2.40. The lowest BCUT2D eigenvalue weighted by Gasteiger charge is -2.23. The quantitative estimate of drug-likeness (QED) is 0.831. The Bertz CT molecular complexity index is 862. The van der Waals surface area contributed by atoms with Gasteiger partial charge in [-0.25, -0.2) is 18.4 Å². The predicted molar refractivity (Wildman–Crippen MR) is 78.5 cm³/mol. The number of hydrogen-bond acceptors (Lipinski definition) is 6. The molecule has 0 aliphatic heterocycles. The van der Waals surface area contributed by atoms with Crippen LogP contribution in [0, 0.1) is 11.3 Å². The van der Waals surface area contributed by atoms with Crippen molar-refractivity contribution in [1.82, 2.24) is 19.4 Å². The van der Waals surface area contributed by atoms with Crippen LogP contribution in [0.1, 0.15) is 12.5 Å². The zero-order valence-corrected chi connectivity index (χ0v) is 12.6. The largest absolute Gasteiger partial charge is 0.334 e. The van der Waals surface area contributed by atoms with Crippen LogP contribution in [0.25, 0.3) is 11.0 Å². The summed E-state index contributed by atoms with van der Waals surface area (Å²) in [5.41, 5.74) is 1.29. The SMILES string of the molecule is C=C(C)N(NS(C)(=O)=O)c1ncnc2c1c(C#N)cn2C. The summed E-state index contributed by atoms with van der Waals surface area (Å²) in [5.74, 6) is 0.259. The molecule has 1 N–H and O–H groups in total. The summed E-state index contributed by atoms with van der Waals surface area (Å²) in [6, 6.07) is 2.05. The van der Waals surface area contributed by atoms with Crippen molar-refractivity contribution in [2.45, 2.75) is 6.92 Å². The monoisotopic (exact) mass is 306 g/mol. The molecule has 0 saturated heterocycles. The van der Waals surface area contributed by atoms with E-state index in [9.17, 15) is 13.7 Å². The smallest absolute Gasteiger partial charge is 0.225 e. The molecule has 0 bridgehead atoms. The second-order valence-corrected chi connectivity index (χ2v) is 6.32. The van der Waals surface area contributed by atoms with Gasteiger partial charge < -0.3 is 4.57 Å². The Morgan fingerprint density at radius 3 is 2.71 bits per heavy atom. The van der Waals surface area contributed by atoms with E-state index in [0.29, 0.717) is 22.3 Å². The van der Waals surface area contributed by atoms with Crippen molar-refractivity contribution in [2.75, 3.05) is 11.3 Å². The van der Waals surface area contributed by atoms with Crippen molar-refractivity contribution in [3.05, 3.63) is 30.4 Å². The van der Waals surface area contributed by atoms with Gasteiger partial charge in [-0.2, -0.15) is 5.26 Å². The molecule has 0 fully saturated rings. The van der Waals surface area contributed by atoms with E-state index in [1.165, 1.54) is 11.3 Å². The molecule has 21 heavy (non-hydrogen) atoms. The topological polar surface area (TPSA) is 104 Å². The number of hydrogen-bond donors (Lipinski definition) is 1. The van der Waals surface area contributed by atoms with Crippen molar-refractivity contribution in [2.24, 2.45) is 7.05 Å². The van der Waals surface area contributed by atoms with Gasteiger partial charge >= 0.3 is 0 Å². The third-order valence-corrected chi connectivity index (χ3v) is 3.22. The summed E-state index contributed by atoms with van der Waals surface area (Å²) in [4.78, 5) is 10.5. The fraction of sp³-hybridized carbons (Fsp3) is 0.250. The molecule has 9 heteroatoms. The number of nitriles is 1. The normalized spacial score (nSPS) is 11.3. The average Bonchev–Trinajstić information content (AvgIpc) is 2.72. The van der Waals surface area contributed by atoms with E-state index in [4.69, 9.17) is 0 Å². The molecule has 0 amide bonds. The Hall–Kier alpha value is -2.44. The minimum Gasteiger partial charge on any atom is -0.334 e. The van der Waals surface area contributed by atoms with Crippen LogP contribution < -0.4 is 9.84 Å². The van der Waals surface area contributed by atoms with Crippen LogP contribution in [0.5, 0.6) is 0 Å². The molecule has 2 heterocycles. The third kappa shape index (κ3) is 2.86. The van der Waals surface area contributed by atoms with E-state index >= 15 is 0 Å². The lowest BCUT2D eigenvalue weighted by molar-refractivity contribution is 0.586. The number of sulfonamides is 1. The fourth-order valence-electron chi connectivity index (χ4n) is 1.92. The van der Waals surface area contributed by atoms with Crippen LogP contribution in [0.15, 0.2) is 24.8 Å². The maximum absolute atomic E-state index is 11.5. The van der Waals surface area contributed by atoms with Gasteiger partial charge in [0.2, 0.25) is 10.0 Å². The molecule has 0 unspecified atom stereocenters. The standard InChI is InChI=1S/C12H14N6O2S/c1-8(2)18(16-21(4,19)20)12-10-9(5-13)6-17(3)11(10)14-7-15-12/h6-7,16H,1H2,2-4H3. The number of allylic oxidation sites excluding steroid dienone is 1. The number of nitrogens with zero attached hydrogens (tertiary/aromatic N) is 5. The second kappa shape index (κ2) is 5.16. The molecule has 110 valence electrons. The number of anilines is 1. The van der Waals surface area contributed by atoms with Crippen LogP contribution in [0.2, 0.25) is 0 Å². The molecule has 0 spiro atoms. The number of aromatic nitrogens is 3. The first-order valence-electron chi connectivity index (χ1n) is 5.87. The Morgan fingerprint density at radius 2 is 2.19 bits per heavy atom. The number of nitrogens with one attached hydrogen (secondary N) is 1. The van der Waals surface area contributed by atoms with Crippen molar-refractivity contribution in [1.29, 1.82) is 5.26 Å². The average molecular weight is 306 g/mol. The highest BCUT2D eigenvalue weighted by atomic mass is 32.2. The van der Waals surface area contributed by atoms with E-state index < -0.39 is 10.0 Å². The van der Waals surface area contributed by atoms with Gasteiger partial charge in [0.05, 0.1) is 17.2 Å². The Labute approximate surface area is 122 Å². The van der Waals surface area contributed by atoms with Gasteiger partial charge in [-0.15, -0.1) is 4.83 Å². The van der Waals surface area contributed by atoms with Gasteiger partial charge in [-0.05, 0) is 6.92 Å². The molecular formula is C12H14N6O2S. The third-order valence-electron chi connectivity index (χ3n) is 2.70. The molecule has 0 aliphatic rings. The van der Waals surface area contributed by atoms with Gasteiger partial charge in [0.15, 0.2) is 5.82 Å². The highest BCUT2D eigenvalue weighted by molar-refractivity contribution is 7.88. The minimum absolute atomic E-state index is 0.259. The van der Waals surface area contributed by atoms with Crippen LogP contribution in [-0.2, 0) is 17.1 Å². The minimum atomic E-state index is -3.53. The zero-order chi connectivity index (χ0) is 15.8. The molecule has 2 rings (SSSR count). The van der Waals surface area contributed by atoms with E-state index in [1.54, 1.807) is 24.7 Å². The van der Waals surface area contributed by atoms with Crippen molar-refractivity contribution < 1.29 is 8.42 Å². The fourth-order valence-corrected chi connectivity index (χ4v) is 2.49. The van der Waals surface area contributed by atoms with Gasteiger partial charge in [-0.3, -0.25) is 5.01 Å². The highest BCUT2D eigenvalue weighted by Crippen LogP contribution is 2.28. The Kier molecular flexibility index (Phi) is 3.67. The van der Waals surface area contributed by atoms with Gasteiger partial charge in [-0.1, -0.05) is 6.58 Å². The molecule has 8 nitrogen and oxygen atoms in total. The molecule has 2 aromatic rings. The summed E-state index contributed by atoms with van der Waals surface area (Å²) < 4.78 is 24.7. The van der Waals surface area contributed by atoms with E-state index in [1.807, 2.05) is 0 Å². The van der Waals surface area contributed by atoms with Crippen molar-refractivity contribution in [3.8, 4) is 6.07 Å². The molecular weight excluding hydrogens is 292 g/mol. The van der Waals surface area contributed by atoms with Crippen molar-refractivity contribution in [3.63, 3.8) is 0 Å². The molecule has 0 atom stereocenters. The maximum Gasteiger partial charge on any atom is 0.225 e. The lowest BCUT2D eigenvalue weighted by atomic mass is 10.2. The van der Waals surface area contributed by atoms with Gasteiger partial charge in [0.1, 0.15) is 18.0 Å². The number of rotatable bonds is 4. The van der Waals surface area contributed by atoms with E-state index in [-0.39, 0.29) is 5.82 Å². The first kappa shape index (κ1) is 15.0. The van der Waals surface area contributed by atoms with Crippen LogP contribution in [-0.4, -0.2) is 29.2 Å². The summed E-state index contributed by atoms with van der Waals surface area (Å²) in [6.07, 6.45) is 3.94. The summed E-state index contributed by atoms with van der Waals surface area (Å²) in [6.45, 7) is 5.36. The molecule has 2 aromatic heterocycles. The van der Waals surface area contributed by atoms with Crippen molar-refractivity contribution >= 4 is 26.9 Å². The van der Waals surface area contributed by atoms with Crippen LogP contribution in [0.3, 0.4) is 0 Å². The predicted octanol–water partition coefficient (Wildman–Crippen LogP) is 0.644. The first-order valence-corrected chi connectivity index (χ1v) is 7.77. The Morgan fingerprint density at radius 1 is 1.52 bits per heavy atom. The maximum atomic E-state index is 11.5. The summed E-state index contributed by atoms with van der Waals surface area (Å²) >= 11 is 0. The Balaban J connectivity index is 2.75. The molecule has 0 saturated carbocycles. The highest BCUT2D eigenvalue weighted by Gasteiger charge is 2.21. The van der Waals surface area contributed by atoms with E-state index in [0.717, 1.165) is 6.26 Å².